The summed E-state index contributed by atoms with van der Waals surface area (Å²) in [7, 11) is 0. The van der Waals surface area contributed by atoms with Crippen LogP contribution in [0.5, 0.6) is 5.75 Å². The highest BCUT2D eigenvalue weighted by atomic mass is 79.9. The van der Waals surface area contributed by atoms with Gasteiger partial charge in [-0.3, -0.25) is 9.78 Å². The van der Waals surface area contributed by atoms with Gasteiger partial charge in [0.15, 0.2) is 12.4 Å². The molecule has 1 aliphatic heterocycles. The number of pyridine rings is 1. The summed E-state index contributed by atoms with van der Waals surface area (Å²) < 4.78 is 7.69. The van der Waals surface area contributed by atoms with Gasteiger partial charge in [-0.1, -0.05) is 88.7 Å². The number of halogens is 2. The third kappa shape index (κ3) is 4.65. The molecule has 0 radical (unpaired) electrons. The smallest absolute Gasteiger partial charge is 0.281 e. The zero-order valence-electron chi connectivity index (χ0n) is 19.6. The number of benzene rings is 4. The molecule has 0 aliphatic carbocycles. The lowest BCUT2D eigenvalue weighted by atomic mass is 9.97. The van der Waals surface area contributed by atoms with Gasteiger partial charge < -0.3 is 4.74 Å². The van der Waals surface area contributed by atoms with Crippen molar-refractivity contribution in [1.82, 2.24) is 9.99 Å². The molecule has 0 saturated carbocycles. The Kier molecular flexibility index (Phi) is 6.49. The number of hydrogen-bond donors (Lipinski definition) is 0. The average Bonchev–Trinajstić information content (AvgIpc) is 3.39. The number of nitrogens with zero attached hydrogens (tertiary/aromatic N) is 3. The minimum absolute atomic E-state index is 0.163. The zero-order valence-corrected chi connectivity index (χ0v) is 22.8. The molecular weight excluding hydrogens is 594 g/mol. The molecule has 5 nitrogen and oxygen atoms in total. The van der Waals surface area contributed by atoms with Gasteiger partial charge in [0.25, 0.3) is 5.91 Å². The molecule has 1 unspecified atom stereocenters. The van der Waals surface area contributed by atoms with Gasteiger partial charge in [0.2, 0.25) is 0 Å². The molecule has 7 heteroatoms. The molecule has 2 heterocycles. The molecule has 1 aromatic heterocycles. The summed E-state index contributed by atoms with van der Waals surface area (Å²) in [5, 5.41) is 9.62. The van der Waals surface area contributed by atoms with E-state index >= 15 is 0 Å². The molecule has 0 spiro atoms. The van der Waals surface area contributed by atoms with Gasteiger partial charge >= 0.3 is 0 Å². The molecule has 0 fully saturated rings. The number of rotatable bonds is 5. The first kappa shape index (κ1) is 23.8. The van der Waals surface area contributed by atoms with E-state index in [0.29, 0.717) is 17.7 Å². The highest BCUT2D eigenvalue weighted by molar-refractivity contribution is 9.11. The first-order valence-corrected chi connectivity index (χ1v) is 13.5. The Labute approximate surface area is 231 Å². The van der Waals surface area contributed by atoms with Gasteiger partial charge in [-0.2, -0.15) is 5.10 Å². The van der Waals surface area contributed by atoms with Crippen molar-refractivity contribution < 1.29 is 9.53 Å². The van der Waals surface area contributed by atoms with Gasteiger partial charge in [0, 0.05) is 22.5 Å². The highest BCUT2D eigenvalue weighted by Gasteiger charge is 2.33. The lowest BCUT2D eigenvalue weighted by molar-refractivity contribution is -0.135. The van der Waals surface area contributed by atoms with Gasteiger partial charge in [-0.25, -0.2) is 5.01 Å². The minimum Gasteiger partial charge on any atom is -0.480 e. The van der Waals surface area contributed by atoms with Crippen molar-refractivity contribution in [3.63, 3.8) is 0 Å². The fraction of sp³-hybridized carbons (Fsp3) is 0.100. The van der Waals surface area contributed by atoms with Crippen LogP contribution in [-0.4, -0.2) is 28.2 Å². The summed E-state index contributed by atoms with van der Waals surface area (Å²) in [5.41, 5.74) is 3.61. The van der Waals surface area contributed by atoms with Crippen LogP contribution in [0.25, 0.3) is 21.7 Å². The van der Waals surface area contributed by atoms with Crippen molar-refractivity contribution in [1.29, 1.82) is 0 Å². The van der Waals surface area contributed by atoms with Gasteiger partial charge in [-0.05, 0) is 56.0 Å². The normalized spacial score (nSPS) is 15.2. The van der Waals surface area contributed by atoms with E-state index in [0.717, 1.165) is 36.6 Å². The molecule has 5 aromatic rings. The molecule has 182 valence electrons. The third-order valence-corrected chi connectivity index (χ3v) is 7.77. The topological polar surface area (TPSA) is 54.8 Å². The predicted molar refractivity (Wildman–Crippen MR) is 154 cm³/mol. The number of ether oxygens (including phenoxy) is 1. The molecule has 0 bridgehead atoms. The predicted octanol–water partition coefficient (Wildman–Crippen LogP) is 7.67. The molecular formula is C30H21Br2N3O2. The molecule has 0 saturated heterocycles. The van der Waals surface area contributed by atoms with Crippen molar-refractivity contribution in [2.24, 2.45) is 5.10 Å². The monoisotopic (exact) mass is 613 g/mol. The zero-order chi connectivity index (χ0) is 25.4. The van der Waals surface area contributed by atoms with Crippen LogP contribution in [0.15, 0.2) is 111 Å². The van der Waals surface area contributed by atoms with Gasteiger partial charge in [0.05, 0.1) is 16.2 Å². The van der Waals surface area contributed by atoms with Crippen molar-refractivity contribution >= 4 is 65.2 Å². The van der Waals surface area contributed by atoms with E-state index in [9.17, 15) is 4.79 Å². The molecule has 1 amide bonds. The summed E-state index contributed by atoms with van der Waals surface area (Å²) in [4.78, 5) is 18.0. The van der Waals surface area contributed by atoms with Crippen molar-refractivity contribution in [3.05, 3.63) is 117 Å². The van der Waals surface area contributed by atoms with E-state index in [-0.39, 0.29) is 18.6 Å². The van der Waals surface area contributed by atoms with Crippen molar-refractivity contribution in [2.45, 2.75) is 12.5 Å². The summed E-state index contributed by atoms with van der Waals surface area (Å²) >= 11 is 7.14. The number of carbonyl (C=O) groups is 1. The second-order valence-electron chi connectivity index (χ2n) is 8.84. The summed E-state index contributed by atoms with van der Waals surface area (Å²) in [6.45, 7) is -0.163. The molecule has 4 aromatic carbocycles. The van der Waals surface area contributed by atoms with Gasteiger partial charge in [-0.15, -0.1) is 0 Å². The van der Waals surface area contributed by atoms with Crippen LogP contribution in [0.4, 0.5) is 0 Å². The Morgan fingerprint density at radius 3 is 2.51 bits per heavy atom. The number of carbonyl (C=O) groups excluding carboxylic acids is 1. The van der Waals surface area contributed by atoms with Gasteiger partial charge in [0.1, 0.15) is 5.52 Å². The minimum atomic E-state index is -0.219. The number of hydrogen-bond acceptors (Lipinski definition) is 4. The van der Waals surface area contributed by atoms with E-state index < -0.39 is 0 Å². The maximum Gasteiger partial charge on any atom is 0.281 e. The lowest BCUT2D eigenvalue weighted by Crippen LogP contribution is -2.31. The van der Waals surface area contributed by atoms with Crippen LogP contribution in [0, 0.1) is 0 Å². The molecule has 6 rings (SSSR count). The number of aromatic nitrogens is 1. The first-order valence-electron chi connectivity index (χ1n) is 11.9. The van der Waals surface area contributed by atoms with E-state index in [1.165, 1.54) is 5.39 Å². The highest BCUT2D eigenvalue weighted by Crippen LogP contribution is 2.38. The second-order valence-corrected chi connectivity index (χ2v) is 10.5. The third-order valence-electron chi connectivity index (χ3n) is 6.52. The van der Waals surface area contributed by atoms with E-state index in [4.69, 9.17) is 9.84 Å². The Hall–Kier alpha value is -3.55. The Morgan fingerprint density at radius 1 is 0.892 bits per heavy atom. The molecule has 0 N–H and O–H groups in total. The summed E-state index contributed by atoms with van der Waals surface area (Å²) in [6.07, 6.45) is 2.34. The van der Waals surface area contributed by atoms with Crippen LogP contribution in [0.3, 0.4) is 0 Å². The quantitative estimate of drug-likeness (QED) is 0.204. The fourth-order valence-electron chi connectivity index (χ4n) is 4.70. The molecule has 1 atom stereocenters. The maximum absolute atomic E-state index is 13.6. The number of amides is 1. The standard InChI is InChI=1S/C30H21Br2N3O2/c31-24-16-25(32)30(29-23(24)11-6-14-33-29)37-18-28(36)35-27(20-8-2-1-3-9-20)17-26(34-35)22-13-12-19-7-4-5-10-21(19)15-22/h1-16,27H,17-18H2. The Morgan fingerprint density at radius 2 is 1.68 bits per heavy atom. The number of hydrazone groups is 1. The SMILES string of the molecule is O=C(COc1c(Br)cc(Br)c2cccnc12)N1N=C(c2ccc3ccccc3c2)CC1c1ccccc1. The lowest BCUT2D eigenvalue weighted by Gasteiger charge is -2.22. The first-order chi connectivity index (χ1) is 18.1. The summed E-state index contributed by atoms with van der Waals surface area (Å²) in [5.74, 6) is 0.310. The van der Waals surface area contributed by atoms with Crippen LogP contribution in [0.1, 0.15) is 23.6 Å². The fourth-order valence-corrected chi connectivity index (χ4v) is 6.09. The van der Waals surface area contributed by atoms with E-state index in [1.807, 2.05) is 60.7 Å². The Bertz CT molecular complexity index is 1670. The van der Waals surface area contributed by atoms with Crippen LogP contribution >= 0.6 is 31.9 Å². The maximum atomic E-state index is 13.6. The Balaban J connectivity index is 1.32. The largest absolute Gasteiger partial charge is 0.480 e. The molecule has 1 aliphatic rings. The van der Waals surface area contributed by atoms with Crippen molar-refractivity contribution in [2.75, 3.05) is 6.61 Å². The van der Waals surface area contributed by atoms with Crippen LogP contribution in [0.2, 0.25) is 0 Å². The average molecular weight is 615 g/mol. The van der Waals surface area contributed by atoms with Crippen molar-refractivity contribution in [3.8, 4) is 5.75 Å². The van der Waals surface area contributed by atoms with E-state index in [2.05, 4.69) is 67.2 Å². The summed E-state index contributed by atoms with van der Waals surface area (Å²) in [6, 6.07) is 30.1. The van der Waals surface area contributed by atoms with Crippen LogP contribution < -0.4 is 4.74 Å². The molecule has 37 heavy (non-hydrogen) atoms. The van der Waals surface area contributed by atoms with Crippen LogP contribution in [-0.2, 0) is 4.79 Å². The van der Waals surface area contributed by atoms with E-state index in [1.54, 1.807) is 11.2 Å². The second kappa shape index (κ2) is 10.1. The number of fused-ring (bicyclic) bond motifs is 2.